The Morgan fingerprint density at radius 3 is 1.41 bits per heavy atom. The second-order valence-corrected chi connectivity index (χ2v) is 11.0. The number of hydrogen-bond donors (Lipinski definition) is 2. The molecule has 0 fully saturated rings. The van der Waals surface area contributed by atoms with Crippen molar-refractivity contribution in [2.24, 2.45) is 0 Å². The maximum atomic E-state index is 13.4. The number of benzene rings is 4. The molecule has 0 saturated heterocycles. The Morgan fingerprint density at radius 1 is 0.595 bits per heavy atom. The molecule has 4 rings (SSSR count). The van der Waals surface area contributed by atoms with E-state index in [1.807, 2.05) is 128 Å². The van der Waals surface area contributed by atoms with Crippen molar-refractivity contribution in [1.29, 1.82) is 0 Å². The van der Waals surface area contributed by atoms with Gasteiger partial charge >= 0.3 is 0 Å². The molecular weight excluding hydrogens is 496 g/mol. The van der Waals surface area contributed by atoms with Crippen molar-refractivity contribution >= 4 is 35.3 Å². The van der Waals surface area contributed by atoms with E-state index in [2.05, 4.69) is 10.6 Å². The van der Waals surface area contributed by atoms with E-state index in [-0.39, 0.29) is 17.9 Å². The highest BCUT2D eigenvalue weighted by molar-refractivity contribution is 8.00. The van der Waals surface area contributed by atoms with Crippen LogP contribution in [0.5, 0.6) is 0 Å². The summed E-state index contributed by atoms with van der Waals surface area (Å²) in [7, 11) is 0. The lowest BCUT2D eigenvalue weighted by atomic mass is 10.1. The van der Waals surface area contributed by atoms with Gasteiger partial charge in [-0.1, -0.05) is 97.1 Å². The number of rotatable bonds is 11. The molecule has 0 aromatic heterocycles. The summed E-state index contributed by atoms with van der Waals surface area (Å²) in [5.74, 6) is -0.167. The van der Waals surface area contributed by atoms with Gasteiger partial charge in [-0.3, -0.25) is 9.59 Å². The molecule has 4 nitrogen and oxygen atoms in total. The molecule has 2 amide bonds. The van der Waals surface area contributed by atoms with Gasteiger partial charge in [0.05, 0.1) is 0 Å². The summed E-state index contributed by atoms with van der Waals surface area (Å²) in [4.78, 5) is 28.7. The minimum absolute atomic E-state index is 0.0833. The molecule has 37 heavy (non-hydrogen) atoms. The molecule has 0 bridgehead atoms. The molecule has 3 atom stereocenters. The molecule has 0 aliphatic carbocycles. The second-order valence-electron chi connectivity index (χ2n) is 8.60. The normalized spacial score (nSPS) is 13.2. The van der Waals surface area contributed by atoms with Gasteiger partial charge in [0.15, 0.2) is 0 Å². The molecule has 4 aromatic carbocycles. The predicted molar refractivity (Wildman–Crippen MR) is 154 cm³/mol. The predicted octanol–water partition coefficient (Wildman–Crippen LogP) is 6.67. The van der Waals surface area contributed by atoms with E-state index in [0.29, 0.717) is 6.54 Å². The zero-order valence-electron chi connectivity index (χ0n) is 20.6. The Balaban J connectivity index is 1.40. The van der Waals surface area contributed by atoms with Gasteiger partial charge in [0, 0.05) is 22.4 Å². The van der Waals surface area contributed by atoms with Crippen molar-refractivity contribution < 1.29 is 9.59 Å². The Hall–Kier alpha value is -3.48. The maximum Gasteiger partial charge on any atom is 0.238 e. The zero-order valence-corrected chi connectivity index (χ0v) is 22.3. The Labute approximate surface area is 227 Å². The van der Waals surface area contributed by atoms with Gasteiger partial charge in [0.1, 0.15) is 10.5 Å². The van der Waals surface area contributed by atoms with Gasteiger partial charge in [-0.2, -0.15) is 0 Å². The van der Waals surface area contributed by atoms with Gasteiger partial charge in [-0.25, -0.2) is 0 Å². The highest BCUT2D eigenvalue weighted by Crippen LogP contribution is 2.36. The average Bonchev–Trinajstić information content (AvgIpc) is 2.95. The van der Waals surface area contributed by atoms with Crippen LogP contribution in [0.4, 0.5) is 0 Å². The van der Waals surface area contributed by atoms with Crippen LogP contribution in [0.15, 0.2) is 131 Å². The van der Waals surface area contributed by atoms with Crippen LogP contribution in [-0.4, -0.2) is 24.4 Å². The average molecular weight is 527 g/mol. The monoisotopic (exact) mass is 526 g/mol. The lowest BCUT2D eigenvalue weighted by Gasteiger charge is -2.22. The molecule has 6 heteroatoms. The van der Waals surface area contributed by atoms with Crippen molar-refractivity contribution in [2.45, 2.75) is 33.3 Å². The summed E-state index contributed by atoms with van der Waals surface area (Å²) in [5.41, 5.74) is 1.88. The summed E-state index contributed by atoms with van der Waals surface area (Å²) in [6.45, 7) is 2.25. The summed E-state index contributed by atoms with van der Waals surface area (Å²) in [5, 5.41) is 5.37. The fourth-order valence-electron chi connectivity index (χ4n) is 3.79. The molecule has 0 aliphatic heterocycles. The Bertz CT molecular complexity index is 1260. The minimum atomic E-state index is -0.396. The number of carbonyl (C=O) groups excluding carboxylic acids is 2. The summed E-state index contributed by atoms with van der Waals surface area (Å²) in [6.07, 6.45) is 0. The van der Waals surface area contributed by atoms with Crippen LogP contribution in [0.2, 0.25) is 0 Å². The molecule has 188 valence electrons. The molecule has 0 spiro atoms. The first kappa shape index (κ1) is 26.6. The summed E-state index contributed by atoms with van der Waals surface area (Å²) >= 11 is 3.03. The van der Waals surface area contributed by atoms with E-state index in [1.165, 1.54) is 23.5 Å². The number of amides is 2. The fraction of sp³-hybridized carbons (Fsp3) is 0.161. The molecule has 2 N–H and O–H groups in total. The van der Waals surface area contributed by atoms with Gasteiger partial charge in [-0.15, -0.1) is 23.5 Å². The van der Waals surface area contributed by atoms with E-state index in [9.17, 15) is 9.59 Å². The van der Waals surface area contributed by atoms with Gasteiger partial charge in [0.2, 0.25) is 11.8 Å². The van der Waals surface area contributed by atoms with Crippen LogP contribution in [0.25, 0.3) is 0 Å². The highest BCUT2D eigenvalue weighted by Gasteiger charge is 2.25. The van der Waals surface area contributed by atoms with Crippen LogP contribution in [0, 0.1) is 0 Å². The summed E-state index contributed by atoms with van der Waals surface area (Å²) < 4.78 is 0. The van der Waals surface area contributed by atoms with Crippen LogP contribution in [0.3, 0.4) is 0 Å². The maximum absolute atomic E-state index is 13.4. The molecule has 0 saturated carbocycles. The first-order valence-corrected chi connectivity index (χ1v) is 14.0. The first-order chi connectivity index (χ1) is 18.1. The third-order valence-corrected chi connectivity index (χ3v) is 8.18. The van der Waals surface area contributed by atoms with Crippen LogP contribution in [0.1, 0.15) is 28.6 Å². The number of carbonyl (C=O) groups is 2. The minimum Gasteiger partial charge on any atom is -0.353 e. The molecule has 0 heterocycles. The highest BCUT2D eigenvalue weighted by atomic mass is 32.2. The third-order valence-electron chi connectivity index (χ3n) is 5.65. The topological polar surface area (TPSA) is 58.2 Å². The van der Waals surface area contributed by atoms with Crippen LogP contribution >= 0.6 is 23.5 Å². The van der Waals surface area contributed by atoms with E-state index in [0.717, 1.165) is 20.9 Å². The van der Waals surface area contributed by atoms with Crippen molar-refractivity contribution in [2.75, 3.05) is 6.54 Å². The molecule has 4 aromatic rings. The third kappa shape index (κ3) is 8.00. The van der Waals surface area contributed by atoms with Crippen molar-refractivity contribution in [1.82, 2.24) is 10.6 Å². The largest absolute Gasteiger partial charge is 0.353 e. The lowest BCUT2D eigenvalue weighted by molar-refractivity contribution is -0.123. The van der Waals surface area contributed by atoms with E-state index in [1.54, 1.807) is 0 Å². The number of nitrogens with one attached hydrogen (secondary N) is 2. The van der Waals surface area contributed by atoms with E-state index >= 15 is 0 Å². The summed E-state index contributed by atoms with van der Waals surface area (Å²) in [6, 6.07) is 39.1. The van der Waals surface area contributed by atoms with E-state index in [4.69, 9.17) is 0 Å². The lowest BCUT2D eigenvalue weighted by Crippen LogP contribution is -2.44. The second kappa shape index (κ2) is 13.7. The first-order valence-electron chi connectivity index (χ1n) is 12.2. The molecular formula is C31H30N2O2S2. The van der Waals surface area contributed by atoms with Crippen molar-refractivity contribution in [3.63, 3.8) is 0 Å². The molecule has 3 unspecified atom stereocenters. The van der Waals surface area contributed by atoms with Crippen LogP contribution in [-0.2, 0) is 9.59 Å². The smallest absolute Gasteiger partial charge is 0.238 e. The zero-order chi connectivity index (χ0) is 25.9. The van der Waals surface area contributed by atoms with Crippen molar-refractivity contribution in [3.8, 4) is 0 Å². The fourth-order valence-corrected chi connectivity index (χ4v) is 5.91. The molecule has 0 aliphatic rings. The Morgan fingerprint density at radius 2 is 0.973 bits per heavy atom. The number of hydrogen-bond acceptors (Lipinski definition) is 4. The quantitative estimate of drug-likeness (QED) is 0.214. The van der Waals surface area contributed by atoms with Gasteiger partial charge in [0.25, 0.3) is 0 Å². The van der Waals surface area contributed by atoms with Crippen LogP contribution < -0.4 is 10.6 Å². The van der Waals surface area contributed by atoms with Crippen molar-refractivity contribution in [3.05, 3.63) is 132 Å². The SMILES string of the molecule is CC(CNC(=O)C(Sc1ccccc1)c1ccccc1)NC(=O)C(Sc1ccccc1)c1ccccc1. The number of thioether (sulfide) groups is 2. The van der Waals surface area contributed by atoms with Gasteiger partial charge < -0.3 is 10.6 Å². The standard InChI is InChI=1S/C31H30N2O2S2/c1-23(33-31(35)29(25-16-8-3-9-17-25)37-27-20-12-5-13-21-27)22-32-30(34)28(24-14-6-2-7-15-24)36-26-18-10-4-11-19-26/h2-21,23,28-29H,22H2,1H3,(H,32,34)(H,33,35). The Kier molecular flexibility index (Phi) is 9.86. The van der Waals surface area contributed by atoms with Gasteiger partial charge in [-0.05, 0) is 42.3 Å². The molecule has 0 radical (unpaired) electrons. The van der Waals surface area contributed by atoms with E-state index < -0.39 is 10.5 Å².